The molecule has 0 saturated carbocycles. The van der Waals surface area contributed by atoms with Crippen LogP contribution in [0.5, 0.6) is 23.0 Å². The fraction of sp³-hybridized carbons (Fsp3) is 0.432. The maximum atomic E-state index is 13.3. The number of nitrogens with one attached hydrogen (secondary N) is 2. The topological polar surface area (TPSA) is 153 Å². The summed E-state index contributed by atoms with van der Waals surface area (Å²) in [6, 6.07) is 13.9. The van der Waals surface area contributed by atoms with Crippen LogP contribution in [0.25, 0.3) is 0 Å². The molecule has 3 aromatic carbocycles. The Balaban J connectivity index is 1.03. The fourth-order valence-corrected chi connectivity index (χ4v) is 6.25. The highest BCUT2D eigenvalue weighted by molar-refractivity contribution is 6.17. The number of esters is 1. The molecule has 2 heterocycles. The third-order valence-electron chi connectivity index (χ3n) is 8.51. The molecule has 5 rings (SSSR count). The molecule has 0 fully saturated rings. The summed E-state index contributed by atoms with van der Waals surface area (Å²) in [7, 11) is 0. The molecule has 2 aliphatic rings. The Bertz CT molecular complexity index is 1580. The number of aromatic hydroxyl groups is 2. The lowest BCUT2D eigenvalue weighted by molar-refractivity contribution is -0.121. The van der Waals surface area contributed by atoms with E-state index in [1.807, 2.05) is 0 Å². The highest BCUT2D eigenvalue weighted by Crippen LogP contribution is 2.57. The standard InChI is InChI=1S/C37H43ClN2O9/c38-15-5-1-2-7-18-46-20-21-47-19-17-39-34(43)8-4-3-6-16-40-35(44)25-9-12-29-28(22-25)36(45)49-37(29)30-13-10-26(41)23-32(30)48-33-24-27(42)11-14-31(33)37/h9-14,22-24,41-42H,1-8,15-21H2,(H,39,43)(H,40,44). The highest BCUT2D eigenvalue weighted by Gasteiger charge is 2.53. The van der Waals surface area contributed by atoms with Crippen molar-refractivity contribution in [1.29, 1.82) is 0 Å². The summed E-state index contributed by atoms with van der Waals surface area (Å²) >= 11 is 5.66. The molecule has 49 heavy (non-hydrogen) atoms. The van der Waals surface area contributed by atoms with Gasteiger partial charge in [0, 0.05) is 66.4 Å². The molecular weight excluding hydrogens is 652 g/mol. The lowest BCUT2D eigenvalue weighted by Crippen LogP contribution is -2.33. The van der Waals surface area contributed by atoms with Crippen molar-refractivity contribution in [2.45, 2.75) is 57.0 Å². The number of amides is 2. The molecule has 12 heteroatoms. The van der Waals surface area contributed by atoms with E-state index in [2.05, 4.69) is 10.6 Å². The molecule has 0 unspecified atom stereocenters. The summed E-state index contributed by atoms with van der Waals surface area (Å²) in [6.45, 7) is 3.06. The molecule has 0 bridgehead atoms. The van der Waals surface area contributed by atoms with Crippen LogP contribution in [0.2, 0.25) is 0 Å². The van der Waals surface area contributed by atoms with Gasteiger partial charge >= 0.3 is 5.97 Å². The number of alkyl halides is 1. The van der Waals surface area contributed by atoms with Crippen molar-refractivity contribution in [3.05, 3.63) is 82.4 Å². The molecule has 2 amide bonds. The van der Waals surface area contributed by atoms with Gasteiger partial charge in [-0.1, -0.05) is 25.3 Å². The summed E-state index contributed by atoms with van der Waals surface area (Å²) in [4.78, 5) is 38.4. The van der Waals surface area contributed by atoms with Crippen LogP contribution in [0.3, 0.4) is 0 Å². The van der Waals surface area contributed by atoms with E-state index in [-0.39, 0.29) is 40.4 Å². The van der Waals surface area contributed by atoms with Crippen LogP contribution in [0.15, 0.2) is 54.6 Å². The number of hydrogen-bond donors (Lipinski definition) is 4. The van der Waals surface area contributed by atoms with Crippen molar-refractivity contribution in [3.8, 4) is 23.0 Å². The monoisotopic (exact) mass is 694 g/mol. The van der Waals surface area contributed by atoms with E-state index in [1.165, 1.54) is 30.3 Å². The van der Waals surface area contributed by atoms with Crippen molar-refractivity contribution in [3.63, 3.8) is 0 Å². The van der Waals surface area contributed by atoms with Crippen LogP contribution in [-0.2, 0) is 24.6 Å². The zero-order chi connectivity index (χ0) is 34.6. The van der Waals surface area contributed by atoms with Crippen molar-refractivity contribution in [1.82, 2.24) is 10.6 Å². The first-order chi connectivity index (χ1) is 23.8. The number of hydrogen-bond acceptors (Lipinski definition) is 9. The van der Waals surface area contributed by atoms with E-state index in [0.717, 1.165) is 38.7 Å². The van der Waals surface area contributed by atoms with Gasteiger partial charge in [-0.3, -0.25) is 9.59 Å². The lowest BCUT2D eigenvalue weighted by Gasteiger charge is -2.36. The number of rotatable bonds is 19. The molecule has 262 valence electrons. The zero-order valence-electron chi connectivity index (χ0n) is 27.4. The van der Waals surface area contributed by atoms with Gasteiger partial charge in [-0.25, -0.2) is 4.79 Å². The smallest absolute Gasteiger partial charge is 0.340 e. The SMILES string of the molecule is O=C(CCCCCNC(=O)c1ccc2c(c1)C(=O)OC21c2ccc(O)cc2Oc2cc(O)ccc21)NCCOCCOCCCCCCCl. The molecule has 0 radical (unpaired) electrons. The fourth-order valence-electron chi connectivity index (χ4n) is 6.06. The molecule has 0 saturated heterocycles. The first-order valence-corrected chi connectivity index (χ1v) is 17.4. The molecule has 0 aliphatic carbocycles. The van der Waals surface area contributed by atoms with Gasteiger partial charge in [-0.05, 0) is 62.1 Å². The number of ether oxygens (including phenoxy) is 4. The normalized spacial score (nSPS) is 13.6. The number of phenolic OH excluding ortho intramolecular Hbond substituents is 2. The third-order valence-corrected chi connectivity index (χ3v) is 8.78. The van der Waals surface area contributed by atoms with Crippen molar-refractivity contribution >= 4 is 29.4 Å². The second kappa shape index (κ2) is 17.4. The molecular formula is C37H43ClN2O9. The first-order valence-electron chi connectivity index (χ1n) is 16.8. The summed E-state index contributed by atoms with van der Waals surface area (Å²) in [5, 5.41) is 25.9. The van der Waals surface area contributed by atoms with Crippen LogP contribution >= 0.6 is 11.6 Å². The van der Waals surface area contributed by atoms with E-state index in [4.69, 9.17) is 30.5 Å². The van der Waals surface area contributed by atoms with Crippen LogP contribution in [0.4, 0.5) is 0 Å². The first kappa shape index (κ1) is 36.0. The van der Waals surface area contributed by atoms with E-state index >= 15 is 0 Å². The maximum absolute atomic E-state index is 13.3. The van der Waals surface area contributed by atoms with E-state index in [0.29, 0.717) is 80.3 Å². The van der Waals surface area contributed by atoms with Gasteiger partial charge < -0.3 is 39.8 Å². The van der Waals surface area contributed by atoms with Gasteiger partial charge in [0.15, 0.2) is 5.60 Å². The van der Waals surface area contributed by atoms with Crippen molar-refractivity contribution < 1.29 is 43.5 Å². The van der Waals surface area contributed by atoms with E-state index < -0.39 is 11.6 Å². The van der Waals surface area contributed by atoms with Crippen LogP contribution in [-0.4, -0.2) is 73.4 Å². The van der Waals surface area contributed by atoms with E-state index in [9.17, 15) is 24.6 Å². The lowest BCUT2D eigenvalue weighted by atomic mass is 9.77. The maximum Gasteiger partial charge on any atom is 0.340 e. The van der Waals surface area contributed by atoms with Crippen LogP contribution < -0.4 is 15.4 Å². The predicted molar refractivity (Wildman–Crippen MR) is 183 cm³/mol. The van der Waals surface area contributed by atoms with Gasteiger partial charge in [-0.15, -0.1) is 11.6 Å². The molecule has 1 spiro atoms. The number of benzene rings is 3. The summed E-state index contributed by atoms with van der Waals surface area (Å²) < 4.78 is 23.1. The van der Waals surface area contributed by atoms with Gasteiger partial charge in [0.1, 0.15) is 23.0 Å². The average Bonchev–Trinajstić information content (AvgIpc) is 3.37. The predicted octanol–water partition coefficient (Wildman–Crippen LogP) is 5.90. The molecule has 3 aromatic rings. The van der Waals surface area contributed by atoms with E-state index in [1.54, 1.807) is 24.3 Å². The third kappa shape index (κ3) is 8.83. The summed E-state index contributed by atoms with van der Waals surface area (Å²) in [5.41, 5.74) is 0.705. The number of halogens is 1. The Morgan fingerprint density at radius 3 is 2.08 bits per heavy atom. The van der Waals surface area contributed by atoms with Crippen molar-refractivity contribution in [2.24, 2.45) is 0 Å². The molecule has 0 aromatic heterocycles. The highest BCUT2D eigenvalue weighted by atomic mass is 35.5. The van der Waals surface area contributed by atoms with Crippen LogP contribution in [0, 0.1) is 0 Å². The largest absolute Gasteiger partial charge is 0.508 e. The number of phenols is 2. The summed E-state index contributed by atoms with van der Waals surface area (Å²) in [6.07, 6.45) is 6.86. The number of carbonyl (C=O) groups excluding carboxylic acids is 3. The number of unbranched alkanes of at least 4 members (excludes halogenated alkanes) is 5. The van der Waals surface area contributed by atoms with Gasteiger partial charge in [0.2, 0.25) is 5.91 Å². The van der Waals surface area contributed by atoms with Gasteiger partial charge in [0.05, 0.1) is 25.4 Å². The minimum atomic E-state index is -1.38. The van der Waals surface area contributed by atoms with Crippen molar-refractivity contribution in [2.75, 3.05) is 45.4 Å². The Hall–Kier alpha value is -4.32. The van der Waals surface area contributed by atoms with Gasteiger partial charge in [0.25, 0.3) is 5.91 Å². The minimum Gasteiger partial charge on any atom is -0.508 e. The number of carbonyl (C=O) groups is 3. The van der Waals surface area contributed by atoms with Crippen LogP contribution in [0.1, 0.15) is 88.8 Å². The average molecular weight is 695 g/mol. The Morgan fingerprint density at radius 1 is 0.714 bits per heavy atom. The second-order valence-corrected chi connectivity index (χ2v) is 12.4. The zero-order valence-corrected chi connectivity index (χ0v) is 28.2. The number of fused-ring (bicyclic) bond motifs is 6. The molecule has 2 aliphatic heterocycles. The molecule has 11 nitrogen and oxygen atoms in total. The second-order valence-electron chi connectivity index (χ2n) is 12.0. The minimum absolute atomic E-state index is 0.0314. The Kier molecular flexibility index (Phi) is 12.8. The quantitative estimate of drug-likeness (QED) is 0.0682. The Labute approximate surface area is 290 Å². The Morgan fingerprint density at radius 2 is 1.37 bits per heavy atom. The molecule has 4 N–H and O–H groups in total. The molecule has 0 atom stereocenters. The summed E-state index contributed by atoms with van der Waals surface area (Å²) in [5.74, 6) is 0.238. The van der Waals surface area contributed by atoms with Gasteiger partial charge in [-0.2, -0.15) is 0 Å².